The highest BCUT2D eigenvalue weighted by atomic mass is 32.2. The van der Waals surface area contributed by atoms with Gasteiger partial charge in [0.05, 0.1) is 22.1 Å². The number of rotatable bonds is 5. The fourth-order valence-corrected chi connectivity index (χ4v) is 3.96. The number of nitrogens with one attached hydrogen (secondary N) is 3. The van der Waals surface area contributed by atoms with Gasteiger partial charge in [-0.15, -0.1) is 0 Å². The highest BCUT2D eigenvalue weighted by Crippen LogP contribution is 2.19. The molecule has 0 spiro atoms. The van der Waals surface area contributed by atoms with Crippen LogP contribution in [0.1, 0.15) is 0 Å². The lowest BCUT2D eigenvalue weighted by molar-refractivity contribution is 0.601. The maximum atomic E-state index is 12.7. The van der Waals surface area contributed by atoms with E-state index in [2.05, 4.69) is 25.3 Å². The van der Waals surface area contributed by atoms with Crippen molar-refractivity contribution in [2.75, 3.05) is 15.4 Å². The molecule has 0 aliphatic carbocycles. The number of sulfonamides is 1. The van der Waals surface area contributed by atoms with Crippen molar-refractivity contribution in [3.05, 3.63) is 85.1 Å². The lowest BCUT2D eigenvalue weighted by Crippen LogP contribution is -2.19. The van der Waals surface area contributed by atoms with E-state index >= 15 is 0 Å². The van der Waals surface area contributed by atoms with Crippen LogP contribution in [0.5, 0.6) is 0 Å². The first-order chi connectivity index (χ1) is 14.5. The first-order valence-corrected chi connectivity index (χ1v) is 10.9. The number of anilines is 3. The second kappa shape index (κ2) is 8.44. The summed E-state index contributed by atoms with van der Waals surface area (Å²) >= 11 is 5.28. The van der Waals surface area contributed by atoms with Gasteiger partial charge in [0.1, 0.15) is 0 Å². The molecule has 0 saturated carbocycles. The van der Waals surface area contributed by atoms with Gasteiger partial charge in [-0.1, -0.05) is 30.3 Å². The summed E-state index contributed by atoms with van der Waals surface area (Å²) in [4.78, 5) is 8.61. The first kappa shape index (κ1) is 19.7. The topological polar surface area (TPSA) is 96.0 Å². The Morgan fingerprint density at radius 2 is 1.37 bits per heavy atom. The van der Waals surface area contributed by atoms with Crippen LogP contribution >= 0.6 is 12.2 Å². The molecule has 3 aromatic carbocycles. The molecule has 30 heavy (non-hydrogen) atoms. The fraction of sp³-hybridized carbons (Fsp3) is 0. The maximum Gasteiger partial charge on any atom is 0.263 e. The molecule has 0 amide bonds. The van der Waals surface area contributed by atoms with Gasteiger partial charge in [0.25, 0.3) is 10.0 Å². The molecule has 9 heteroatoms. The zero-order chi connectivity index (χ0) is 21.0. The molecular formula is C21H17N5O2S2. The van der Waals surface area contributed by atoms with Gasteiger partial charge in [0.2, 0.25) is 0 Å². The molecule has 1 heterocycles. The number of nitrogens with zero attached hydrogens (tertiary/aromatic N) is 2. The smallest absolute Gasteiger partial charge is 0.263 e. The third-order valence-corrected chi connectivity index (χ3v) is 5.72. The second-order valence-electron chi connectivity index (χ2n) is 6.32. The minimum Gasteiger partial charge on any atom is -0.332 e. The molecule has 0 unspecified atom stereocenters. The molecule has 0 atom stereocenters. The van der Waals surface area contributed by atoms with E-state index in [0.717, 1.165) is 5.69 Å². The summed E-state index contributed by atoms with van der Waals surface area (Å²) < 4.78 is 27.8. The van der Waals surface area contributed by atoms with Crippen molar-refractivity contribution >= 4 is 55.6 Å². The average Bonchev–Trinajstić information content (AvgIpc) is 2.74. The van der Waals surface area contributed by atoms with E-state index in [0.29, 0.717) is 21.8 Å². The van der Waals surface area contributed by atoms with Crippen molar-refractivity contribution < 1.29 is 8.42 Å². The largest absolute Gasteiger partial charge is 0.332 e. The first-order valence-electron chi connectivity index (χ1n) is 8.97. The van der Waals surface area contributed by atoms with Gasteiger partial charge in [0.15, 0.2) is 10.9 Å². The molecule has 7 nitrogen and oxygen atoms in total. The van der Waals surface area contributed by atoms with Crippen LogP contribution in [0.15, 0.2) is 90.0 Å². The highest BCUT2D eigenvalue weighted by molar-refractivity contribution is 7.92. The molecule has 150 valence electrons. The van der Waals surface area contributed by atoms with E-state index < -0.39 is 10.0 Å². The summed E-state index contributed by atoms with van der Waals surface area (Å²) in [5, 5.41) is 6.48. The number of benzene rings is 3. The van der Waals surface area contributed by atoms with Crippen molar-refractivity contribution in [2.24, 2.45) is 0 Å². The highest BCUT2D eigenvalue weighted by Gasteiger charge is 2.15. The monoisotopic (exact) mass is 435 g/mol. The zero-order valence-electron chi connectivity index (χ0n) is 15.6. The van der Waals surface area contributed by atoms with Crippen LogP contribution < -0.4 is 15.4 Å². The molecule has 1 aromatic heterocycles. The van der Waals surface area contributed by atoms with E-state index in [-0.39, 0.29) is 10.7 Å². The fourth-order valence-electron chi connectivity index (χ4n) is 2.74. The molecule has 4 rings (SSSR count). The van der Waals surface area contributed by atoms with Crippen LogP contribution in [-0.4, -0.2) is 23.5 Å². The van der Waals surface area contributed by atoms with Crippen LogP contribution in [0, 0.1) is 0 Å². The van der Waals surface area contributed by atoms with Crippen LogP contribution in [0.2, 0.25) is 0 Å². The van der Waals surface area contributed by atoms with Gasteiger partial charge < -0.3 is 10.6 Å². The molecule has 0 fully saturated rings. The molecule has 4 aromatic rings. The van der Waals surface area contributed by atoms with Gasteiger partial charge in [-0.25, -0.2) is 13.4 Å². The molecular weight excluding hydrogens is 418 g/mol. The van der Waals surface area contributed by atoms with Crippen molar-refractivity contribution in [3.8, 4) is 0 Å². The Morgan fingerprint density at radius 1 is 0.767 bits per heavy atom. The molecule has 0 bridgehead atoms. The Bertz CT molecular complexity index is 1290. The van der Waals surface area contributed by atoms with E-state index in [1.807, 2.05) is 48.5 Å². The Balaban J connectivity index is 1.44. The van der Waals surface area contributed by atoms with Gasteiger partial charge in [0, 0.05) is 11.4 Å². The Kier molecular flexibility index (Phi) is 5.55. The summed E-state index contributed by atoms with van der Waals surface area (Å²) in [5.41, 5.74) is 2.82. The van der Waals surface area contributed by atoms with Crippen LogP contribution in [0.25, 0.3) is 11.0 Å². The van der Waals surface area contributed by atoms with Crippen LogP contribution in [0.3, 0.4) is 0 Å². The summed E-state index contributed by atoms with van der Waals surface area (Å²) in [7, 11) is -3.80. The minimum atomic E-state index is -3.80. The normalized spacial score (nSPS) is 11.1. The number of hydrogen-bond acceptors (Lipinski definition) is 5. The zero-order valence-corrected chi connectivity index (χ0v) is 17.2. The number of aromatic nitrogens is 2. The Labute approximate surface area is 179 Å². The average molecular weight is 436 g/mol. The van der Waals surface area contributed by atoms with Crippen molar-refractivity contribution in [2.45, 2.75) is 4.90 Å². The molecule has 0 aliphatic rings. The van der Waals surface area contributed by atoms with Crippen LogP contribution in [0.4, 0.5) is 17.2 Å². The summed E-state index contributed by atoms with van der Waals surface area (Å²) in [5.74, 6) is 0.157. The van der Waals surface area contributed by atoms with Gasteiger partial charge in [-0.05, 0) is 60.7 Å². The van der Waals surface area contributed by atoms with Crippen LogP contribution in [-0.2, 0) is 10.0 Å². The second-order valence-corrected chi connectivity index (χ2v) is 8.41. The summed E-state index contributed by atoms with van der Waals surface area (Å²) in [6, 6.07) is 23.0. The lowest BCUT2D eigenvalue weighted by atomic mass is 10.3. The summed E-state index contributed by atoms with van der Waals surface area (Å²) in [6.45, 7) is 0. The quantitative estimate of drug-likeness (QED) is 0.404. The van der Waals surface area contributed by atoms with Gasteiger partial charge >= 0.3 is 0 Å². The predicted octanol–water partition coefficient (Wildman–Crippen LogP) is 4.24. The Hall–Kier alpha value is -3.56. The standard InChI is InChI=1S/C21H17N5O2S2/c27-30(28,26-20-14-22-18-8-4-5-9-19(18)25-20)17-12-10-16(11-13-17)24-21(29)23-15-6-2-1-3-7-15/h1-14H,(H,25,26)(H2,23,24,29). The third-order valence-electron chi connectivity index (χ3n) is 4.14. The predicted molar refractivity (Wildman–Crippen MR) is 123 cm³/mol. The van der Waals surface area contributed by atoms with E-state index in [1.54, 1.807) is 18.2 Å². The lowest BCUT2D eigenvalue weighted by Gasteiger charge is -2.11. The van der Waals surface area contributed by atoms with Crippen molar-refractivity contribution in [1.82, 2.24) is 9.97 Å². The van der Waals surface area contributed by atoms with E-state index in [9.17, 15) is 8.42 Å². The number of thiocarbonyl (C=S) groups is 1. The van der Waals surface area contributed by atoms with E-state index in [4.69, 9.17) is 12.2 Å². The molecule has 3 N–H and O–H groups in total. The van der Waals surface area contributed by atoms with E-state index in [1.165, 1.54) is 18.3 Å². The number of hydrogen-bond donors (Lipinski definition) is 3. The SMILES string of the molecule is O=S(=O)(Nc1cnc2ccccc2n1)c1ccc(NC(=S)Nc2ccccc2)cc1. The molecule has 0 aliphatic heterocycles. The number of fused-ring (bicyclic) bond motifs is 1. The maximum absolute atomic E-state index is 12.7. The summed E-state index contributed by atoms with van der Waals surface area (Å²) in [6.07, 6.45) is 1.39. The van der Waals surface area contributed by atoms with Crippen molar-refractivity contribution in [3.63, 3.8) is 0 Å². The van der Waals surface area contributed by atoms with Gasteiger partial charge in [-0.2, -0.15) is 0 Å². The molecule has 0 saturated heterocycles. The van der Waals surface area contributed by atoms with Gasteiger partial charge in [-0.3, -0.25) is 9.71 Å². The minimum absolute atomic E-state index is 0.102. The Morgan fingerprint density at radius 3 is 2.07 bits per heavy atom. The number of para-hydroxylation sites is 3. The third kappa shape index (κ3) is 4.70. The molecule has 0 radical (unpaired) electrons. The van der Waals surface area contributed by atoms with Crippen molar-refractivity contribution in [1.29, 1.82) is 0 Å².